The van der Waals surface area contributed by atoms with Crippen LogP contribution in [0.15, 0.2) is 54.9 Å². The third-order valence-electron chi connectivity index (χ3n) is 4.49. The van der Waals surface area contributed by atoms with E-state index in [2.05, 4.69) is 17.1 Å². The van der Waals surface area contributed by atoms with Crippen molar-refractivity contribution in [3.8, 4) is 0 Å². The fourth-order valence-corrected chi connectivity index (χ4v) is 3.15. The van der Waals surface area contributed by atoms with Gasteiger partial charge in [0.2, 0.25) is 0 Å². The molecule has 3 rings (SSSR count). The molecule has 0 saturated heterocycles. The minimum atomic E-state index is 0.302. The average molecular weight is 312 g/mol. The molecule has 1 fully saturated rings. The molecule has 23 heavy (non-hydrogen) atoms. The van der Waals surface area contributed by atoms with E-state index in [4.69, 9.17) is 4.84 Å². The number of nitrogens with zero attached hydrogens (tertiary/aromatic N) is 2. The van der Waals surface area contributed by atoms with Gasteiger partial charge in [-0.15, -0.1) is 0 Å². The first-order valence-electron chi connectivity index (χ1n) is 8.30. The van der Waals surface area contributed by atoms with Crippen LogP contribution in [0.3, 0.4) is 0 Å². The molecule has 4 nitrogen and oxygen atoms in total. The van der Waals surface area contributed by atoms with Gasteiger partial charge in [-0.3, -0.25) is 9.82 Å². The van der Waals surface area contributed by atoms with E-state index in [1.165, 1.54) is 5.56 Å². The number of hydrogen-bond donors (Lipinski definition) is 1. The molecule has 0 amide bonds. The summed E-state index contributed by atoms with van der Waals surface area (Å²) in [6.45, 7) is 1.70. The van der Waals surface area contributed by atoms with Gasteiger partial charge in [-0.1, -0.05) is 18.2 Å². The number of hydrogen-bond acceptors (Lipinski definition) is 4. The van der Waals surface area contributed by atoms with E-state index in [1.54, 1.807) is 12.4 Å². The van der Waals surface area contributed by atoms with Crippen molar-refractivity contribution in [3.63, 3.8) is 0 Å². The van der Waals surface area contributed by atoms with Crippen molar-refractivity contribution >= 4 is 5.69 Å². The van der Waals surface area contributed by atoms with Gasteiger partial charge in [0, 0.05) is 19.0 Å². The van der Waals surface area contributed by atoms with E-state index >= 15 is 0 Å². The van der Waals surface area contributed by atoms with Gasteiger partial charge in [-0.2, -0.15) is 0 Å². The van der Waals surface area contributed by atoms with Crippen LogP contribution in [0.1, 0.15) is 24.8 Å². The van der Waals surface area contributed by atoms with Crippen molar-refractivity contribution in [2.75, 3.05) is 18.3 Å². The number of aliphatic hydroxyl groups is 1. The summed E-state index contributed by atoms with van der Waals surface area (Å²) >= 11 is 0. The molecule has 1 saturated carbocycles. The molecule has 0 radical (unpaired) electrons. The largest absolute Gasteiger partial charge is 0.396 e. The molecular formula is C19H24N2O2. The molecule has 1 aliphatic carbocycles. The summed E-state index contributed by atoms with van der Waals surface area (Å²) in [6, 6.07) is 14.2. The molecule has 1 aromatic carbocycles. The number of aliphatic hydroxyl groups excluding tert-OH is 1. The van der Waals surface area contributed by atoms with Gasteiger partial charge in [0.15, 0.2) is 0 Å². The normalized spacial score (nSPS) is 20.6. The van der Waals surface area contributed by atoms with Crippen LogP contribution in [0.25, 0.3) is 0 Å². The Morgan fingerprint density at radius 3 is 2.48 bits per heavy atom. The maximum atomic E-state index is 9.28. The predicted molar refractivity (Wildman–Crippen MR) is 90.7 cm³/mol. The Morgan fingerprint density at radius 1 is 1.04 bits per heavy atom. The van der Waals surface area contributed by atoms with Crippen molar-refractivity contribution in [2.45, 2.75) is 25.8 Å². The summed E-state index contributed by atoms with van der Waals surface area (Å²) in [5.41, 5.74) is 2.23. The van der Waals surface area contributed by atoms with Crippen LogP contribution in [-0.2, 0) is 11.4 Å². The maximum Gasteiger partial charge on any atom is 0.0777 e. The number of rotatable bonds is 7. The molecule has 1 aromatic heterocycles. The number of pyridine rings is 1. The number of anilines is 1. The minimum Gasteiger partial charge on any atom is -0.396 e. The molecule has 0 aliphatic heterocycles. The molecule has 122 valence electrons. The highest BCUT2D eigenvalue weighted by Gasteiger charge is 2.25. The Morgan fingerprint density at radius 2 is 1.78 bits per heavy atom. The van der Waals surface area contributed by atoms with Crippen molar-refractivity contribution in [2.24, 2.45) is 11.8 Å². The second-order valence-corrected chi connectivity index (χ2v) is 6.25. The van der Waals surface area contributed by atoms with Crippen LogP contribution >= 0.6 is 0 Å². The van der Waals surface area contributed by atoms with E-state index in [9.17, 15) is 5.11 Å². The Bertz CT molecular complexity index is 576. The smallest absolute Gasteiger partial charge is 0.0777 e. The van der Waals surface area contributed by atoms with Crippen LogP contribution in [0.4, 0.5) is 5.69 Å². The highest BCUT2D eigenvalue weighted by molar-refractivity contribution is 5.43. The first-order valence-corrected chi connectivity index (χ1v) is 8.30. The van der Waals surface area contributed by atoms with Crippen molar-refractivity contribution in [3.05, 3.63) is 60.4 Å². The molecule has 1 heterocycles. The first kappa shape index (κ1) is 16.0. The lowest BCUT2D eigenvalue weighted by molar-refractivity contribution is 0.0729. The average Bonchev–Trinajstić information content (AvgIpc) is 3.08. The quantitative estimate of drug-likeness (QED) is 0.796. The summed E-state index contributed by atoms with van der Waals surface area (Å²) in [7, 11) is 0. The van der Waals surface area contributed by atoms with Gasteiger partial charge in [0.05, 0.1) is 18.8 Å². The molecule has 2 atom stereocenters. The zero-order valence-electron chi connectivity index (χ0n) is 13.3. The summed E-state index contributed by atoms with van der Waals surface area (Å²) in [5.74, 6) is 0.991. The van der Waals surface area contributed by atoms with Gasteiger partial charge in [-0.05, 0) is 60.9 Å². The molecule has 0 spiro atoms. The van der Waals surface area contributed by atoms with Crippen molar-refractivity contribution < 1.29 is 9.94 Å². The topological polar surface area (TPSA) is 45.6 Å². The second-order valence-electron chi connectivity index (χ2n) is 6.25. The van der Waals surface area contributed by atoms with E-state index in [0.29, 0.717) is 31.6 Å². The van der Waals surface area contributed by atoms with E-state index in [-0.39, 0.29) is 0 Å². The fourth-order valence-electron chi connectivity index (χ4n) is 3.15. The first-order chi connectivity index (χ1) is 11.3. The Labute approximate surface area is 137 Å². The minimum absolute atomic E-state index is 0.302. The number of aromatic nitrogens is 1. The van der Waals surface area contributed by atoms with Gasteiger partial charge in [-0.25, -0.2) is 5.06 Å². The van der Waals surface area contributed by atoms with Crippen LogP contribution in [0, 0.1) is 11.8 Å². The predicted octanol–water partition coefficient (Wildman–Crippen LogP) is 3.43. The molecule has 2 unspecified atom stereocenters. The van der Waals surface area contributed by atoms with Crippen LogP contribution in [0.2, 0.25) is 0 Å². The molecule has 0 bridgehead atoms. The standard InChI is InChI=1S/C19H24N2O2/c22-14-17-6-7-18(12-17)15-23-21(19-4-2-1-3-5-19)13-16-8-10-20-11-9-16/h1-5,8-11,17-18,22H,6-7,12-15H2. The van der Waals surface area contributed by atoms with E-state index in [0.717, 1.165) is 24.9 Å². The van der Waals surface area contributed by atoms with Crippen LogP contribution in [-0.4, -0.2) is 23.3 Å². The maximum absolute atomic E-state index is 9.28. The monoisotopic (exact) mass is 312 g/mol. The summed E-state index contributed by atoms with van der Waals surface area (Å²) in [5, 5.41) is 11.2. The second kappa shape index (κ2) is 8.09. The highest BCUT2D eigenvalue weighted by Crippen LogP contribution is 2.31. The third kappa shape index (κ3) is 4.53. The van der Waals surface area contributed by atoms with Gasteiger partial charge in [0.1, 0.15) is 0 Å². The van der Waals surface area contributed by atoms with Gasteiger partial charge >= 0.3 is 0 Å². The van der Waals surface area contributed by atoms with Gasteiger partial charge < -0.3 is 5.11 Å². The lowest BCUT2D eigenvalue weighted by Crippen LogP contribution is -2.26. The number of para-hydroxylation sites is 1. The molecule has 4 heteroatoms. The lowest BCUT2D eigenvalue weighted by Gasteiger charge is -2.25. The van der Waals surface area contributed by atoms with Crippen LogP contribution in [0.5, 0.6) is 0 Å². The summed E-state index contributed by atoms with van der Waals surface area (Å²) in [6.07, 6.45) is 6.93. The van der Waals surface area contributed by atoms with Gasteiger partial charge in [0.25, 0.3) is 0 Å². The van der Waals surface area contributed by atoms with E-state index < -0.39 is 0 Å². The summed E-state index contributed by atoms with van der Waals surface area (Å²) < 4.78 is 0. The Hall–Kier alpha value is -1.91. The van der Waals surface area contributed by atoms with Crippen molar-refractivity contribution in [1.29, 1.82) is 0 Å². The lowest BCUT2D eigenvalue weighted by atomic mass is 10.1. The zero-order chi connectivity index (χ0) is 15.9. The number of benzene rings is 1. The molecule has 1 aliphatic rings. The third-order valence-corrected chi connectivity index (χ3v) is 4.49. The van der Waals surface area contributed by atoms with E-state index in [1.807, 2.05) is 35.4 Å². The highest BCUT2D eigenvalue weighted by atomic mass is 16.7. The molecule has 2 aromatic rings. The SMILES string of the molecule is OCC1CCC(CON(Cc2ccncc2)c2ccccc2)C1. The van der Waals surface area contributed by atoms with Crippen molar-refractivity contribution in [1.82, 2.24) is 4.98 Å². The zero-order valence-corrected chi connectivity index (χ0v) is 13.3. The molecular weight excluding hydrogens is 288 g/mol. The Kier molecular flexibility index (Phi) is 5.61. The number of hydroxylamine groups is 1. The Balaban J connectivity index is 1.64. The molecule has 1 N–H and O–H groups in total. The fraction of sp³-hybridized carbons (Fsp3) is 0.421. The van der Waals surface area contributed by atoms with Crippen LogP contribution < -0.4 is 5.06 Å². The summed E-state index contributed by atoms with van der Waals surface area (Å²) in [4.78, 5) is 10.2.